The van der Waals surface area contributed by atoms with Gasteiger partial charge >= 0.3 is 0 Å². The van der Waals surface area contributed by atoms with Gasteiger partial charge in [0, 0.05) is 40.9 Å². The largest absolute Gasteiger partial charge is 0.361 e. The number of benzene rings is 1. The van der Waals surface area contributed by atoms with Crippen LogP contribution in [0.2, 0.25) is 0 Å². The zero-order valence-corrected chi connectivity index (χ0v) is 18.7. The van der Waals surface area contributed by atoms with Crippen molar-refractivity contribution in [3.8, 4) is 0 Å². The number of rotatable bonds is 3. The molecule has 5 aliphatic rings. The molecule has 1 aromatic carbocycles. The monoisotopic (exact) mass is 454 g/mol. The number of hydrogen-bond donors (Lipinski definition) is 1. The highest BCUT2D eigenvalue weighted by atomic mass is 79.9. The van der Waals surface area contributed by atoms with Crippen LogP contribution >= 0.6 is 15.9 Å². The highest BCUT2D eigenvalue weighted by molar-refractivity contribution is 9.10. The molecule has 2 aromatic rings. The van der Waals surface area contributed by atoms with E-state index in [0.717, 1.165) is 44.2 Å². The second-order valence-corrected chi connectivity index (χ2v) is 12.4. The molecule has 0 radical (unpaired) electrons. The van der Waals surface area contributed by atoms with E-state index in [4.69, 9.17) is 0 Å². The zero-order chi connectivity index (χ0) is 19.6. The average molecular weight is 455 g/mol. The summed E-state index contributed by atoms with van der Waals surface area (Å²) in [5, 5.41) is 1.36. The Morgan fingerprint density at radius 3 is 2.55 bits per heavy atom. The third kappa shape index (κ3) is 3.17. The zero-order valence-electron chi connectivity index (χ0n) is 17.1. The molecule has 4 saturated carbocycles. The van der Waals surface area contributed by atoms with Gasteiger partial charge < -0.3 is 9.88 Å². The summed E-state index contributed by atoms with van der Waals surface area (Å²) in [7, 11) is 0. The van der Waals surface area contributed by atoms with Gasteiger partial charge in [-0.3, -0.25) is 4.79 Å². The van der Waals surface area contributed by atoms with E-state index >= 15 is 0 Å². The predicted octanol–water partition coefficient (Wildman–Crippen LogP) is 6.00. The Morgan fingerprint density at radius 2 is 1.83 bits per heavy atom. The summed E-state index contributed by atoms with van der Waals surface area (Å²) in [6.07, 6.45) is 13.1. The van der Waals surface area contributed by atoms with Gasteiger partial charge in [0.2, 0.25) is 5.91 Å². The first-order chi connectivity index (χ1) is 14.0. The van der Waals surface area contributed by atoms with Crippen molar-refractivity contribution in [2.45, 2.75) is 68.0 Å². The normalized spacial score (nSPS) is 36.8. The first kappa shape index (κ1) is 18.5. The summed E-state index contributed by atoms with van der Waals surface area (Å²) in [5.41, 5.74) is 2.96. The van der Waals surface area contributed by atoms with E-state index < -0.39 is 0 Å². The van der Waals surface area contributed by atoms with Crippen molar-refractivity contribution in [3.63, 3.8) is 0 Å². The predicted molar refractivity (Wildman–Crippen MR) is 120 cm³/mol. The third-order valence-electron chi connectivity index (χ3n) is 8.55. The van der Waals surface area contributed by atoms with Crippen molar-refractivity contribution < 1.29 is 4.79 Å². The number of likely N-dealkylation sites (tertiary alicyclic amines) is 1. The summed E-state index contributed by atoms with van der Waals surface area (Å²) >= 11 is 4.10. The summed E-state index contributed by atoms with van der Waals surface area (Å²) in [5.74, 6) is 2.72. The summed E-state index contributed by atoms with van der Waals surface area (Å²) in [6.45, 7) is 1.84. The van der Waals surface area contributed by atoms with Gasteiger partial charge in [-0.1, -0.05) is 34.1 Å². The molecule has 2 heterocycles. The smallest absolute Gasteiger partial charge is 0.223 e. The number of carbonyl (C=O) groups excluding carboxylic acids is 1. The van der Waals surface area contributed by atoms with Crippen LogP contribution in [0.25, 0.3) is 10.9 Å². The van der Waals surface area contributed by atoms with E-state index in [-0.39, 0.29) is 0 Å². The molecule has 4 aliphatic carbocycles. The molecule has 1 amide bonds. The first-order valence-corrected chi connectivity index (χ1v) is 12.3. The van der Waals surface area contributed by atoms with Crippen molar-refractivity contribution in [1.29, 1.82) is 0 Å². The molecular weight excluding hydrogens is 424 g/mol. The van der Waals surface area contributed by atoms with Crippen molar-refractivity contribution >= 4 is 32.7 Å². The Labute approximate surface area is 181 Å². The van der Waals surface area contributed by atoms with Gasteiger partial charge in [0.05, 0.1) is 0 Å². The number of para-hydroxylation sites is 1. The van der Waals surface area contributed by atoms with E-state index in [0.29, 0.717) is 21.6 Å². The molecule has 2 unspecified atom stereocenters. The van der Waals surface area contributed by atoms with E-state index in [2.05, 4.69) is 56.3 Å². The summed E-state index contributed by atoms with van der Waals surface area (Å²) < 4.78 is 0.347. The third-order valence-corrected chi connectivity index (χ3v) is 9.47. The number of halogens is 1. The van der Waals surface area contributed by atoms with E-state index in [1.165, 1.54) is 55.0 Å². The number of H-pyrrole nitrogens is 1. The minimum absolute atomic E-state index is 0.290. The van der Waals surface area contributed by atoms with Crippen LogP contribution in [0.15, 0.2) is 30.5 Å². The topological polar surface area (TPSA) is 36.1 Å². The molecular formula is C25H31BrN2O. The van der Waals surface area contributed by atoms with Crippen LogP contribution < -0.4 is 0 Å². The van der Waals surface area contributed by atoms with Gasteiger partial charge in [-0.25, -0.2) is 0 Å². The fourth-order valence-electron chi connectivity index (χ4n) is 7.85. The SMILES string of the molecule is O=C(CC12CC3CC(CC(Br)(C3)C1)C2)N1CCC(c2c[nH]c3ccccc23)CC1. The van der Waals surface area contributed by atoms with Crippen LogP contribution in [0.3, 0.4) is 0 Å². The van der Waals surface area contributed by atoms with E-state index in [9.17, 15) is 4.79 Å². The molecule has 1 aliphatic heterocycles. The Kier molecular flexibility index (Phi) is 4.21. The number of piperidine rings is 1. The maximum atomic E-state index is 13.3. The number of carbonyl (C=O) groups is 1. The molecule has 7 rings (SSSR count). The minimum Gasteiger partial charge on any atom is -0.361 e. The number of nitrogens with zero attached hydrogens (tertiary/aromatic N) is 1. The molecule has 1 saturated heterocycles. The van der Waals surface area contributed by atoms with Crippen molar-refractivity contribution in [3.05, 3.63) is 36.0 Å². The van der Waals surface area contributed by atoms with Crippen molar-refractivity contribution in [2.24, 2.45) is 17.3 Å². The fourth-order valence-corrected chi connectivity index (χ4v) is 9.36. The summed E-state index contributed by atoms with van der Waals surface area (Å²) in [6, 6.07) is 8.59. The summed E-state index contributed by atoms with van der Waals surface area (Å²) in [4.78, 5) is 18.9. The Balaban J connectivity index is 1.12. The Morgan fingerprint density at radius 1 is 1.10 bits per heavy atom. The molecule has 1 N–H and O–H groups in total. The lowest BCUT2D eigenvalue weighted by molar-refractivity contribution is -0.139. The standard InChI is InChI=1S/C25H31BrN2O/c26-25-12-17-9-18(13-25)11-24(10-17,16-25)14-23(29)28-7-5-19(6-8-28)21-15-27-22-4-2-1-3-20(21)22/h1-4,15,17-19,27H,5-14,16H2. The number of alkyl halides is 1. The van der Waals surface area contributed by atoms with Gasteiger partial charge in [0.1, 0.15) is 0 Å². The second-order valence-electron chi connectivity index (χ2n) is 10.7. The highest BCUT2D eigenvalue weighted by Gasteiger charge is 2.57. The number of aromatic nitrogens is 1. The van der Waals surface area contributed by atoms with Crippen LogP contribution in [-0.4, -0.2) is 33.2 Å². The average Bonchev–Trinajstić information content (AvgIpc) is 3.10. The molecule has 5 fully saturated rings. The molecule has 1 aromatic heterocycles. The maximum absolute atomic E-state index is 13.3. The van der Waals surface area contributed by atoms with E-state index in [1.807, 2.05) is 0 Å². The lowest BCUT2D eigenvalue weighted by Gasteiger charge is -2.60. The first-order valence-electron chi connectivity index (χ1n) is 11.5. The van der Waals surface area contributed by atoms with Crippen LogP contribution in [0, 0.1) is 17.3 Å². The Bertz CT molecular complexity index is 927. The maximum Gasteiger partial charge on any atom is 0.223 e. The quantitative estimate of drug-likeness (QED) is 0.567. The lowest BCUT2D eigenvalue weighted by atomic mass is 9.48. The number of amides is 1. The second kappa shape index (κ2) is 6.60. The van der Waals surface area contributed by atoms with Crippen molar-refractivity contribution in [2.75, 3.05) is 13.1 Å². The molecule has 3 nitrogen and oxygen atoms in total. The molecule has 0 spiro atoms. The minimum atomic E-state index is 0.290. The highest BCUT2D eigenvalue weighted by Crippen LogP contribution is 2.65. The van der Waals surface area contributed by atoms with Gasteiger partial charge in [0.15, 0.2) is 0 Å². The number of hydrogen-bond acceptors (Lipinski definition) is 1. The molecule has 2 atom stereocenters. The molecule has 29 heavy (non-hydrogen) atoms. The van der Waals surface area contributed by atoms with Gasteiger partial charge in [-0.05, 0) is 86.2 Å². The number of fused-ring (bicyclic) bond motifs is 1. The van der Waals surface area contributed by atoms with Crippen molar-refractivity contribution in [1.82, 2.24) is 9.88 Å². The molecule has 4 bridgehead atoms. The van der Waals surface area contributed by atoms with E-state index in [1.54, 1.807) is 0 Å². The lowest BCUT2D eigenvalue weighted by Crippen LogP contribution is -2.54. The molecule has 154 valence electrons. The number of aromatic amines is 1. The van der Waals surface area contributed by atoms with Gasteiger partial charge in [-0.15, -0.1) is 0 Å². The van der Waals surface area contributed by atoms with Crippen LogP contribution in [0.5, 0.6) is 0 Å². The molecule has 4 heteroatoms. The van der Waals surface area contributed by atoms with Gasteiger partial charge in [0.25, 0.3) is 0 Å². The Hall–Kier alpha value is -1.29. The van der Waals surface area contributed by atoms with Crippen LogP contribution in [0.1, 0.15) is 69.3 Å². The number of nitrogens with one attached hydrogen (secondary N) is 1. The van der Waals surface area contributed by atoms with Crippen LogP contribution in [-0.2, 0) is 4.79 Å². The van der Waals surface area contributed by atoms with Gasteiger partial charge in [-0.2, -0.15) is 0 Å². The fraction of sp³-hybridized carbons (Fsp3) is 0.640. The van der Waals surface area contributed by atoms with Crippen LogP contribution in [0.4, 0.5) is 0 Å².